The van der Waals surface area contributed by atoms with E-state index in [1.165, 1.54) is 4.57 Å². The van der Waals surface area contributed by atoms with E-state index in [2.05, 4.69) is 0 Å². The number of carbonyl (C=O) groups excluding carboxylic acids is 2. The summed E-state index contributed by atoms with van der Waals surface area (Å²) in [4.78, 5) is 26.0. The first-order chi connectivity index (χ1) is 12.3. The van der Waals surface area contributed by atoms with Gasteiger partial charge in [0, 0.05) is 11.3 Å². The maximum atomic E-state index is 13.2. The molecule has 1 heterocycles. The normalized spacial score (nSPS) is 12.8. The smallest absolute Gasteiger partial charge is 0.419 e. The molecule has 0 fully saturated rings. The lowest BCUT2D eigenvalue weighted by molar-refractivity contribution is 0.0535. The average molecular weight is 349 g/mol. The van der Waals surface area contributed by atoms with E-state index in [1.807, 2.05) is 82.3 Å². The molecule has 3 aromatic rings. The zero-order chi connectivity index (χ0) is 18.9. The largest absolute Gasteiger partial charge is 0.443 e. The highest BCUT2D eigenvalue weighted by molar-refractivity contribution is 6.07. The van der Waals surface area contributed by atoms with E-state index in [-0.39, 0.29) is 11.7 Å². The van der Waals surface area contributed by atoms with Gasteiger partial charge in [0.1, 0.15) is 5.60 Å². The van der Waals surface area contributed by atoms with Crippen LogP contribution in [0.4, 0.5) is 4.79 Å². The van der Waals surface area contributed by atoms with Crippen LogP contribution in [0.5, 0.6) is 0 Å². The second kappa shape index (κ2) is 6.79. The summed E-state index contributed by atoms with van der Waals surface area (Å²) in [6.07, 6.45) is -0.540. The maximum absolute atomic E-state index is 13.2. The standard InChI is InChI=1S/C22H23NO3/c1-15(16-10-6-5-7-11-16)20(24)19-14-17-12-8-9-13-18(17)23(19)21(25)26-22(2,3)4/h5-15H,1-4H3. The van der Waals surface area contributed by atoms with Gasteiger partial charge < -0.3 is 4.74 Å². The lowest BCUT2D eigenvalue weighted by Gasteiger charge is -2.21. The van der Waals surface area contributed by atoms with Gasteiger partial charge in [-0.15, -0.1) is 0 Å². The molecule has 0 aliphatic carbocycles. The van der Waals surface area contributed by atoms with Crippen molar-refractivity contribution in [3.05, 3.63) is 71.9 Å². The van der Waals surface area contributed by atoms with Crippen LogP contribution in [0, 0.1) is 0 Å². The van der Waals surface area contributed by atoms with Crippen molar-refractivity contribution in [2.75, 3.05) is 0 Å². The highest BCUT2D eigenvalue weighted by atomic mass is 16.6. The predicted octanol–water partition coefficient (Wildman–Crippen LogP) is 5.41. The van der Waals surface area contributed by atoms with Gasteiger partial charge in [-0.05, 0) is 38.5 Å². The minimum absolute atomic E-state index is 0.113. The Morgan fingerprint density at radius 1 is 0.962 bits per heavy atom. The van der Waals surface area contributed by atoms with Gasteiger partial charge in [-0.3, -0.25) is 4.79 Å². The number of hydrogen-bond acceptors (Lipinski definition) is 3. The fourth-order valence-electron chi connectivity index (χ4n) is 2.96. The molecule has 0 spiro atoms. The second-order valence-corrected chi connectivity index (χ2v) is 7.40. The molecule has 0 aliphatic rings. The Hall–Kier alpha value is -2.88. The Morgan fingerprint density at radius 2 is 1.58 bits per heavy atom. The SMILES string of the molecule is CC(C(=O)c1cc2ccccc2n1C(=O)OC(C)(C)C)c1ccccc1. The summed E-state index contributed by atoms with van der Waals surface area (Å²) in [5.41, 5.74) is 1.29. The van der Waals surface area contributed by atoms with Crippen molar-refractivity contribution < 1.29 is 14.3 Å². The molecule has 1 atom stereocenters. The number of hydrogen-bond donors (Lipinski definition) is 0. The van der Waals surface area contributed by atoms with Crippen molar-refractivity contribution in [1.29, 1.82) is 0 Å². The third kappa shape index (κ3) is 3.54. The minimum Gasteiger partial charge on any atom is -0.443 e. The lowest BCUT2D eigenvalue weighted by Crippen LogP contribution is -2.29. The summed E-state index contributed by atoms with van der Waals surface area (Å²) in [7, 11) is 0. The zero-order valence-corrected chi connectivity index (χ0v) is 15.5. The van der Waals surface area contributed by atoms with Crippen LogP contribution in [-0.4, -0.2) is 22.0 Å². The van der Waals surface area contributed by atoms with Gasteiger partial charge in [-0.2, -0.15) is 0 Å². The van der Waals surface area contributed by atoms with Gasteiger partial charge in [0.15, 0.2) is 5.78 Å². The van der Waals surface area contributed by atoms with Gasteiger partial charge in [0.05, 0.1) is 11.2 Å². The molecule has 3 rings (SSSR count). The third-order valence-electron chi connectivity index (χ3n) is 4.23. The minimum atomic E-state index is -0.645. The van der Waals surface area contributed by atoms with Gasteiger partial charge in [-0.25, -0.2) is 9.36 Å². The van der Waals surface area contributed by atoms with E-state index in [0.717, 1.165) is 10.9 Å². The highest BCUT2D eigenvalue weighted by Gasteiger charge is 2.27. The molecule has 4 nitrogen and oxygen atoms in total. The molecular formula is C22H23NO3. The molecule has 0 saturated heterocycles. The van der Waals surface area contributed by atoms with E-state index in [0.29, 0.717) is 11.2 Å². The number of rotatable bonds is 3. The van der Waals surface area contributed by atoms with E-state index in [1.54, 1.807) is 6.07 Å². The van der Waals surface area contributed by atoms with Gasteiger partial charge >= 0.3 is 6.09 Å². The average Bonchev–Trinajstić information content (AvgIpc) is 2.99. The topological polar surface area (TPSA) is 48.3 Å². The Bertz CT molecular complexity index is 948. The first-order valence-electron chi connectivity index (χ1n) is 8.71. The van der Waals surface area contributed by atoms with Crippen molar-refractivity contribution in [3.63, 3.8) is 0 Å². The number of carbonyl (C=O) groups is 2. The first-order valence-corrected chi connectivity index (χ1v) is 8.71. The second-order valence-electron chi connectivity index (χ2n) is 7.40. The molecule has 0 radical (unpaired) electrons. The summed E-state index contributed by atoms with van der Waals surface area (Å²) in [5.74, 6) is -0.472. The van der Waals surface area contributed by atoms with Crippen molar-refractivity contribution in [2.24, 2.45) is 0 Å². The molecule has 0 N–H and O–H groups in total. The van der Waals surface area contributed by atoms with Crippen molar-refractivity contribution in [1.82, 2.24) is 4.57 Å². The van der Waals surface area contributed by atoms with Crippen LogP contribution in [0.1, 0.15) is 49.7 Å². The van der Waals surface area contributed by atoms with E-state index in [9.17, 15) is 9.59 Å². The monoisotopic (exact) mass is 349 g/mol. The molecule has 4 heteroatoms. The van der Waals surface area contributed by atoms with Crippen LogP contribution >= 0.6 is 0 Å². The van der Waals surface area contributed by atoms with Crippen molar-refractivity contribution >= 4 is 22.8 Å². The fraction of sp³-hybridized carbons (Fsp3) is 0.273. The third-order valence-corrected chi connectivity index (χ3v) is 4.23. The van der Waals surface area contributed by atoms with Crippen LogP contribution in [-0.2, 0) is 4.74 Å². The van der Waals surface area contributed by atoms with Crippen LogP contribution in [0.2, 0.25) is 0 Å². The zero-order valence-electron chi connectivity index (χ0n) is 15.5. The van der Waals surface area contributed by atoms with E-state index < -0.39 is 11.7 Å². The van der Waals surface area contributed by atoms with Crippen LogP contribution in [0.25, 0.3) is 10.9 Å². The first kappa shape index (κ1) is 17.9. The molecule has 1 aromatic heterocycles. The summed E-state index contributed by atoms with van der Waals surface area (Å²) in [6, 6.07) is 18.8. The molecule has 26 heavy (non-hydrogen) atoms. The highest BCUT2D eigenvalue weighted by Crippen LogP contribution is 2.27. The number of fused-ring (bicyclic) bond motifs is 1. The molecule has 0 amide bonds. The van der Waals surface area contributed by atoms with Crippen LogP contribution in [0.3, 0.4) is 0 Å². The number of aromatic nitrogens is 1. The van der Waals surface area contributed by atoms with Gasteiger partial charge in [-0.1, -0.05) is 55.5 Å². The Labute approximate surface area is 153 Å². The van der Waals surface area contributed by atoms with Gasteiger partial charge in [0.25, 0.3) is 0 Å². The molecule has 0 bridgehead atoms. The molecule has 0 aliphatic heterocycles. The van der Waals surface area contributed by atoms with Crippen molar-refractivity contribution in [3.8, 4) is 0 Å². The van der Waals surface area contributed by atoms with Gasteiger partial charge in [0.2, 0.25) is 0 Å². The van der Waals surface area contributed by atoms with Crippen LogP contribution in [0.15, 0.2) is 60.7 Å². The molecular weight excluding hydrogens is 326 g/mol. The number of nitrogens with zero attached hydrogens (tertiary/aromatic N) is 1. The lowest BCUT2D eigenvalue weighted by atomic mass is 9.95. The molecule has 0 saturated carbocycles. The van der Waals surface area contributed by atoms with Crippen LogP contribution < -0.4 is 0 Å². The number of ketones is 1. The van der Waals surface area contributed by atoms with E-state index in [4.69, 9.17) is 4.74 Å². The quantitative estimate of drug-likeness (QED) is 0.594. The Balaban J connectivity index is 2.09. The molecule has 2 aromatic carbocycles. The fourth-order valence-corrected chi connectivity index (χ4v) is 2.96. The Morgan fingerprint density at radius 3 is 2.23 bits per heavy atom. The summed E-state index contributed by atoms with van der Waals surface area (Å²) < 4.78 is 6.93. The van der Waals surface area contributed by atoms with Crippen molar-refractivity contribution in [2.45, 2.75) is 39.2 Å². The predicted molar refractivity (Wildman–Crippen MR) is 103 cm³/mol. The maximum Gasteiger partial charge on any atom is 0.419 e. The number of para-hydroxylation sites is 1. The summed E-state index contributed by atoms with van der Waals surface area (Å²) >= 11 is 0. The summed E-state index contributed by atoms with van der Waals surface area (Å²) in [6.45, 7) is 7.29. The van der Waals surface area contributed by atoms with E-state index >= 15 is 0 Å². The molecule has 134 valence electrons. The summed E-state index contributed by atoms with van der Waals surface area (Å²) in [5, 5.41) is 0.835. The molecule has 1 unspecified atom stereocenters. The number of ether oxygens (including phenoxy) is 1. The Kier molecular flexibility index (Phi) is 4.68. The number of benzene rings is 2. The number of Topliss-reactive ketones (excluding diaryl/α,β-unsaturated/α-hetero) is 1.